The Morgan fingerprint density at radius 1 is 1.28 bits per heavy atom. The quantitative estimate of drug-likeness (QED) is 0.698. The van der Waals surface area contributed by atoms with Crippen LogP contribution in [0.25, 0.3) is 0 Å². The number of aromatic nitrogens is 1. The number of nitrogens with one attached hydrogen (secondary N) is 1. The van der Waals surface area contributed by atoms with E-state index in [9.17, 15) is 18.0 Å². The van der Waals surface area contributed by atoms with Gasteiger partial charge < -0.3 is 19.7 Å². The molecule has 0 radical (unpaired) electrons. The number of carboxylic acids is 1. The molecule has 0 bridgehead atoms. The number of ether oxygens (including phenoxy) is 1. The Morgan fingerprint density at radius 3 is 2.53 bits per heavy atom. The van der Waals surface area contributed by atoms with Crippen molar-refractivity contribution in [3.05, 3.63) is 45.9 Å². The molecule has 2 N–H and O–H groups in total. The monoisotopic (exact) mass is 473 g/mol. The van der Waals surface area contributed by atoms with Crippen molar-refractivity contribution in [2.24, 2.45) is 13.0 Å². The van der Waals surface area contributed by atoms with Crippen molar-refractivity contribution < 1.29 is 32.6 Å². The van der Waals surface area contributed by atoms with E-state index in [1.807, 2.05) is 41.3 Å². The second kappa shape index (κ2) is 10.1. The molecule has 176 valence electrons. The predicted octanol–water partition coefficient (Wildman–Crippen LogP) is 3.05. The largest absolute Gasteiger partial charge is 0.490 e. The molecule has 2 fully saturated rings. The molecule has 0 unspecified atom stereocenters. The summed E-state index contributed by atoms with van der Waals surface area (Å²) in [6.45, 7) is 5.89. The molecule has 3 atom stereocenters. The number of alkyl halides is 3. The first-order chi connectivity index (χ1) is 15.0. The number of aryl methyl sites for hydroxylation is 2. The van der Waals surface area contributed by atoms with E-state index in [1.54, 1.807) is 0 Å². The van der Waals surface area contributed by atoms with Crippen LogP contribution in [0.3, 0.4) is 0 Å². The number of carbonyl (C=O) groups excluding carboxylic acids is 1. The summed E-state index contributed by atoms with van der Waals surface area (Å²) < 4.78 is 39.8. The molecule has 32 heavy (non-hydrogen) atoms. The smallest absolute Gasteiger partial charge is 0.475 e. The topological polar surface area (TPSA) is 83.8 Å². The van der Waals surface area contributed by atoms with Crippen LogP contribution in [0, 0.1) is 12.8 Å². The van der Waals surface area contributed by atoms with Gasteiger partial charge in [-0.2, -0.15) is 13.2 Å². The van der Waals surface area contributed by atoms with E-state index in [-0.39, 0.29) is 12.0 Å². The molecule has 0 saturated carbocycles. The zero-order valence-electron chi connectivity index (χ0n) is 17.8. The van der Waals surface area contributed by atoms with E-state index >= 15 is 0 Å². The van der Waals surface area contributed by atoms with Crippen molar-refractivity contribution in [2.75, 3.05) is 19.6 Å². The summed E-state index contributed by atoms with van der Waals surface area (Å²) in [4.78, 5) is 26.4. The SMILES string of the molecule is Cc1ccc(CN2C[C@H]3C[C@H](CNC(=O)c4cccn4C)O[C@H]3C2)s1.O=C(O)C(F)(F)F. The first-order valence-electron chi connectivity index (χ1n) is 10.2. The lowest BCUT2D eigenvalue weighted by molar-refractivity contribution is -0.192. The van der Waals surface area contributed by atoms with Crippen LogP contribution >= 0.6 is 11.3 Å². The number of halogens is 3. The maximum atomic E-state index is 12.2. The molecule has 0 aliphatic carbocycles. The summed E-state index contributed by atoms with van der Waals surface area (Å²) in [5.74, 6) is -2.19. The van der Waals surface area contributed by atoms with Gasteiger partial charge in [-0.25, -0.2) is 4.79 Å². The number of thiophene rings is 1. The zero-order valence-corrected chi connectivity index (χ0v) is 18.6. The summed E-state index contributed by atoms with van der Waals surface area (Å²) in [7, 11) is 1.88. The van der Waals surface area contributed by atoms with Crippen molar-refractivity contribution in [3.63, 3.8) is 0 Å². The highest BCUT2D eigenvalue weighted by Gasteiger charge is 2.42. The third-order valence-corrected chi connectivity index (χ3v) is 6.46. The summed E-state index contributed by atoms with van der Waals surface area (Å²) in [6, 6.07) is 8.15. The molecular formula is C21H26F3N3O4S. The summed E-state index contributed by atoms with van der Waals surface area (Å²) >= 11 is 1.88. The molecule has 2 aliphatic rings. The van der Waals surface area contributed by atoms with Gasteiger partial charge in [0, 0.05) is 55.1 Å². The Bertz CT molecular complexity index is 929. The van der Waals surface area contributed by atoms with E-state index in [4.69, 9.17) is 14.6 Å². The van der Waals surface area contributed by atoms with Gasteiger partial charge in [-0.15, -0.1) is 11.3 Å². The number of amides is 1. The minimum Gasteiger partial charge on any atom is -0.475 e. The van der Waals surface area contributed by atoms with Gasteiger partial charge in [0.15, 0.2) is 0 Å². The van der Waals surface area contributed by atoms with Crippen molar-refractivity contribution in [3.8, 4) is 0 Å². The molecular weight excluding hydrogens is 447 g/mol. The van der Waals surface area contributed by atoms with Gasteiger partial charge in [0.1, 0.15) is 5.69 Å². The minimum absolute atomic E-state index is 0.0251. The van der Waals surface area contributed by atoms with Gasteiger partial charge in [-0.05, 0) is 37.6 Å². The van der Waals surface area contributed by atoms with Crippen LogP contribution in [0.2, 0.25) is 0 Å². The number of likely N-dealkylation sites (tertiary alicyclic amines) is 1. The lowest BCUT2D eigenvalue weighted by Crippen LogP contribution is -2.34. The number of rotatable bonds is 5. The van der Waals surface area contributed by atoms with Gasteiger partial charge in [0.05, 0.1) is 12.2 Å². The molecule has 2 aromatic heterocycles. The van der Waals surface area contributed by atoms with Crippen molar-refractivity contribution >= 4 is 23.2 Å². The normalized spacial score (nSPS) is 22.8. The molecule has 4 heterocycles. The zero-order chi connectivity index (χ0) is 23.5. The van der Waals surface area contributed by atoms with Crippen molar-refractivity contribution in [2.45, 2.75) is 38.3 Å². The molecule has 0 spiro atoms. The molecule has 2 saturated heterocycles. The molecule has 1 amide bonds. The number of carboxylic acid groups (broad SMARTS) is 1. The van der Waals surface area contributed by atoms with Gasteiger partial charge in [-0.3, -0.25) is 9.69 Å². The maximum absolute atomic E-state index is 12.2. The van der Waals surface area contributed by atoms with Gasteiger partial charge in [0.2, 0.25) is 0 Å². The van der Waals surface area contributed by atoms with Crippen LogP contribution in [0.5, 0.6) is 0 Å². The molecule has 2 aliphatic heterocycles. The van der Waals surface area contributed by atoms with Crippen LogP contribution < -0.4 is 5.32 Å². The van der Waals surface area contributed by atoms with E-state index in [0.717, 1.165) is 26.1 Å². The predicted molar refractivity (Wildman–Crippen MR) is 113 cm³/mol. The van der Waals surface area contributed by atoms with Gasteiger partial charge in [-0.1, -0.05) is 0 Å². The van der Waals surface area contributed by atoms with E-state index in [0.29, 0.717) is 24.3 Å². The second-order valence-electron chi connectivity index (χ2n) is 8.02. The van der Waals surface area contributed by atoms with Gasteiger partial charge in [0.25, 0.3) is 5.91 Å². The molecule has 0 aromatic carbocycles. The van der Waals surface area contributed by atoms with Crippen LogP contribution in [0.1, 0.15) is 26.7 Å². The number of nitrogens with zero attached hydrogens (tertiary/aromatic N) is 2. The van der Waals surface area contributed by atoms with E-state index in [1.165, 1.54) is 9.75 Å². The lowest BCUT2D eigenvalue weighted by Gasteiger charge is -2.18. The van der Waals surface area contributed by atoms with Crippen LogP contribution in [-0.2, 0) is 23.1 Å². The third-order valence-electron chi connectivity index (χ3n) is 5.47. The van der Waals surface area contributed by atoms with E-state index in [2.05, 4.69) is 29.3 Å². The lowest BCUT2D eigenvalue weighted by atomic mass is 10.0. The van der Waals surface area contributed by atoms with Crippen molar-refractivity contribution in [1.82, 2.24) is 14.8 Å². The van der Waals surface area contributed by atoms with Crippen LogP contribution in [0.15, 0.2) is 30.5 Å². The molecule has 4 rings (SSSR count). The fraction of sp³-hybridized carbons (Fsp3) is 0.524. The third kappa shape index (κ3) is 6.33. The fourth-order valence-electron chi connectivity index (χ4n) is 3.99. The Morgan fingerprint density at radius 2 is 2.00 bits per heavy atom. The van der Waals surface area contributed by atoms with E-state index < -0.39 is 12.1 Å². The van der Waals surface area contributed by atoms with Crippen LogP contribution in [0.4, 0.5) is 13.2 Å². The Balaban J connectivity index is 0.000000360. The summed E-state index contributed by atoms with van der Waals surface area (Å²) in [5.41, 5.74) is 0.690. The highest BCUT2D eigenvalue weighted by Crippen LogP contribution is 2.34. The Labute approximate surface area is 187 Å². The number of fused-ring (bicyclic) bond motifs is 1. The number of hydrogen-bond acceptors (Lipinski definition) is 5. The first kappa shape index (κ1) is 24.3. The van der Waals surface area contributed by atoms with Crippen molar-refractivity contribution in [1.29, 1.82) is 0 Å². The Kier molecular flexibility index (Phi) is 7.63. The highest BCUT2D eigenvalue weighted by molar-refractivity contribution is 7.11. The van der Waals surface area contributed by atoms with Crippen LogP contribution in [-0.4, -0.2) is 64.5 Å². The minimum atomic E-state index is -5.08. The Hall–Kier alpha value is -2.37. The number of hydrogen-bond donors (Lipinski definition) is 2. The fourth-order valence-corrected chi connectivity index (χ4v) is 4.93. The standard InChI is InChI=1S/C19H25N3O2S.C2HF3O2/c1-13-5-6-16(25-13)11-22-10-14-8-15(24-18(14)12-22)9-20-19(23)17-4-3-7-21(17)2;3-2(4,5)1(6)7/h3-7,14-15,18H,8-12H2,1-2H3,(H,20,23);(H,6,7)/t14-,15-,18+;/m1./s1. The first-order valence-corrected chi connectivity index (χ1v) is 11.0. The average Bonchev–Trinajstić information content (AvgIpc) is 3.45. The van der Waals surface area contributed by atoms with Gasteiger partial charge >= 0.3 is 12.1 Å². The average molecular weight is 474 g/mol. The molecule has 2 aromatic rings. The number of carbonyl (C=O) groups is 2. The second-order valence-corrected chi connectivity index (χ2v) is 9.39. The highest BCUT2D eigenvalue weighted by atomic mass is 32.1. The molecule has 11 heteroatoms. The molecule has 7 nitrogen and oxygen atoms in total. The summed E-state index contributed by atoms with van der Waals surface area (Å²) in [5, 5.41) is 10.1. The summed E-state index contributed by atoms with van der Waals surface area (Å²) in [6.07, 6.45) is -1.70. The number of aliphatic carboxylic acids is 1. The maximum Gasteiger partial charge on any atom is 0.490 e.